The molecule has 3 heteroatoms. The van der Waals surface area contributed by atoms with Crippen molar-refractivity contribution >= 4 is 17.6 Å². The zero-order chi connectivity index (χ0) is 11.2. The van der Waals surface area contributed by atoms with Crippen LogP contribution in [0.15, 0.2) is 24.3 Å². The van der Waals surface area contributed by atoms with E-state index in [1.165, 1.54) is 5.56 Å². The molecule has 1 aromatic carbocycles. The lowest BCUT2D eigenvalue weighted by atomic mass is 9.77. The van der Waals surface area contributed by atoms with Gasteiger partial charge in [-0.2, -0.15) is 0 Å². The molecule has 3 rings (SSSR count). The van der Waals surface area contributed by atoms with E-state index in [1.807, 2.05) is 18.2 Å². The number of esters is 1. The van der Waals surface area contributed by atoms with Crippen molar-refractivity contribution < 1.29 is 9.53 Å². The third kappa shape index (κ3) is 1.29. The summed E-state index contributed by atoms with van der Waals surface area (Å²) in [6.07, 6.45) is 3.06. The van der Waals surface area contributed by atoms with Gasteiger partial charge in [-0.3, -0.25) is 4.79 Å². The van der Waals surface area contributed by atoms with E-state index in [9.17, 15) is 4.79 Å². The van der Waals surface area contributed by atoms with Crippen molar-refractivity contribution in [2.45, 2.75) is 36.7 Å². The van der Waals surface area contributed by atoms with Gasteiger partial charge in [0.2, 0.25) is 0 Å². The van der Waals surface area contributed by atoms with Gasteiger partial charge in [-0.15, -0.1) is 11.6 Å². The summed E-state index contributed by atoms with van der Waals surface area (Å²) in [6.45, 7) is 0. The molecule has 1 aliphatic carbocycles. The first-order valence-corrected chi connectivity index (χ1v) is 6.10. The molecule has 0 aromatic heterocycles. The molecule has 1 aliphatic heterocycles. The molecule has 1 heterocycles. The fourth-order valence-electron chi connectivity index (χ4n) is 2.84. The minimum Gasteiger partial charge on any atom is -0.453 e. The van der Waals surface area contributed by atoms with Gasteiger partial charge in [0.05, 0.1) is 5.38 Å². The third-order valence-electron chi connectivity index (χ3n) is 3.64. The van der Waals surface area contributed by atoms with Crippen molar-refractivity contribution in [3.8, 4) is 0 Å². The second kappa shape index (κ2) is 3.49. The zero-order valence-corrected chi connectivity index (χ0v) is 9.67. The molecule has 2 atom stereocenters. The Labute approximate surface area is 99.6 Å². The van der Waals surface area contributed by atoms with E-state index in [4.69, 9.17) is 16.3 Å². The average Bonchev–Trinajstić information content (AvgIpc) is 2.68. The van der Waals surface area contributed by atoms with Gasteiger partial charge in [0.1, 0.15) is 0 Å². The number of carbonyl (C=O) groups excluding carboxylic acids is 1. The van der Waals surface area contributed by atoms with E-state index in [2.05, 4.69) is 6.07 Å². The summed E-state index contributed by atoms with van der Waals surface area (Å²) in [5.41, 5.74) is 1.84. The highest BCUT2D eigenvalue weighted by Crippen LogP contribution is 2.47. The van der Waals surface area contributed by atoms with Gasteiger partial charge in [-0.05, 0) is 18.4 Å². The van der Waals surface area contributed by atoms with Crippen molar-refractivity contribution in [1.82, 2.24) is 0 Å². The molecule has 1 saturated heterocycles. The maximum absolute atomic E-state index is 11.4. The fourth-order valence-corrected chi connectivity index (χ4v) is 3.22. The zero-order valence-electron chi connectivity index (χ0n) is 8.91. The molecule has 0 saturated carbocycles. The molecule has 0 bridgehead atoms. The van der Waals surface area contributed by atoms with Crippen LogP contribution in [-0.4, -0.2) is 11.3 Å². The largest absolute Gasteiger partial charge is 0.453 e. The first kappa shape index (κ1) is 10.2. The van der Waals surface area contributed by atoms with E-state index in [0.717, 1.165) is 24.8 Å². The van der Waals surface area contributed by atoms with E-state index in [-0.39, 0.29) is 11.3 Å². The Hall–Kier alpha value is -1.02. The topological polar surface area (TPSA) is 26.3 Å². The van der Waals surface area contributed by atoms with Crippen LogP contribution in [-0.2, 0) is 21.6 Å². The second-order valence-corrected chi connectivity index (χ2v) is 5.05. The van der Waals surface area contributed by atoms with E-state index in [0.29, 0.717) is 6.42 Å². The van der Waals surface area contributed by atoms with Gasteiger partial charge >= 0.3 is 5.97 Å². The lowest BCUT2D eigenvalue weighted by Crippen LogP contribution is -2.40. The maximum Gasteiger partial charge on any atom is 0.306 e. The number of alkyl halides is 1. The van der Waals surface area contributed by atoms with Gasteiger partial charge in [0.25, 0.3) is 0 Å². The van der Waals surface area contributed by atoms with Crippen LogP contribution in [0.2, 0.25) is 0 Å². The molecule has 16 heavy (non-hydrogen) atoms. The quantitative estimate of drug-likeness (QED) is 0.512. The van der Waals surface area contributed by atoms with Gasteiger partial charge in [0.15, 0.2) is 5.60 Å². The molecule has 0 amide bonds. The third-order valence-corrected chi connectivity index (χ3v) is 4.21. The molecule has 2 aliphatic rings. The van der Waals surface area contributed by atoms with E-state index >= 15 is 0 Å². The highest BCUT2D eigenvalue weighted by molar-refractivity contribution is 6.21. The molecule has 0 unspecified atom stereocenters. The molecule has 0 N–H and O–H groups in total. The SMILES string of the molecule is O=C1CC[C@]2(O1)c1ccccc1CC[C@@H]2Cl. The van der Waals surface area contributed by atoms with Crippen LogP contribution >= 0.6 is 11.6 Å². The van der Waals surface area contributed by atoms with Gasteiger partial charge < -0.3 is 4.74 Å². The lowest BCUT2D eigenvalue weighted by molar-refractivity contribution is -0.150. The Morgan fingerprint density at radius 2 is 2.12 bits per heavy atom. The molecule has 0 radical (unpaired) electrons. The van der Waals surface area contributed by atoms with E-state index < -0.39 is 5.60 Å². The normalized spacial score (nSPS) is 32.6. The number of halogens is 1. The Kier molecular flexibility index (Phi) is 2.21. The second-order valence-electron chi connectivity index (χ2n) is 4.53. The van der Waals surface area contributed by atoms with Crippen molar-refractivity contribution in [2.75, 3.05) is 0 Å². The van der Waals surface area contributed by atoms with E-state index in [1.54, 1.807) is 0 Å². The number of aryl methyl sites for hydroxylation is 1. The molecule has 1 fully saturated rings. The number of rotatable bonds is 0. The molecule has 84 valence electrons. The number of ether oxygens (including phenoxy) is 1. The molecular formula is C13H13ClO2. The summed E-state index contributed by atoms with van der Waals surface area (Å²) >= 11 is 6.40. The standard InChI is InChI=1S/C13H13ClO2/c14-11-6-5-9-3-1-2-4-10(9)13(11)8-7-12(15)16-13/h1-4,11H,5-8H2/t11-,13-/m0/s1. The van der Waals surface area contributed by atoms with Crippen LogP contribution in [0.1, 0.15) is 30.4 Å². The van der Waals surface area contributed by atoms with Crippen LogP contribution in [0.3, 0.4) is 0 Å². The Morgan fingerprint density at radius 1 is 1.31 bits per heavy atom. The van der Waals surface area contributed by atoms with Crippen molar-refractivity contribution in [2.24, 2.45) is 0 Å². The van der Waals surface area contributed by atoms with Crippen LogP contribution in [0.5, 0.6) is 0 Å². The first-order chi connectivity index (χ1) is 7.72. The highest BCUT2D eigenvalue weighted by Gasteiger charge is 2.50. The summed E-state index contributed by atoms with van der Waals surface area (Å²) in [5, 5.41) is -0.0890. The van der Waals surface area contributed by atoms with Gasteiger partial charge in [-0.1, -0.05) is 24.3 Å². The smallest absolute Gasteiger partial charge is 0.306 e. The molecule has 1 aromatic rings. The summed E-state index contributed by atoms with van der Waals surface area (Å²) < 4.78 is 5.56. The van der Waals surface area contributed by atoms with Crippen molar-refractivity contribution in [3.63, 3.8) is 0 Å². The number of hydrogen-bond acceptors (Lipinski definition) is 2. The molecular weight excluding hydrogens is 224 g/mol. The van der Waals surface area contributed by atoms with Crippen molar-refractivity contribution in [3.05, 3.63) is 35.4 Å². The molecule has 1 spiro atoms. The van der Waals surface area contributed by atoms with Crippen LogP contribution in [0.25, 0.3) is 0 Å². The number of benzene rings is 1. The van der Waals surface area contributed by atoms with Crippen LogP contribution < -0.4 is 0 Å². The predicted octanol–water partition coefficient (Wildman–Crippen LogP) is 2.77. The van der Waals surface area contributed by atoms with Gasteiger partial charge in [-0.25, -0.2) is 0 Å². The number of carbonyl (C=O) groups is 1. The lowest BCUT2D eigenvalue weighted by Gasteiger charge is -2.38. The Bertz CT molecular complexity index is 443. The number of fused-ring (bicyclic) bond motifs is 2. The first-order valence-electron chi connectivity index (χ1n) is 5.67. The van der Waals surface area contributed by atoms with Crippen LogP contribution in [0, 0.1) is 0 Å². The predicted molar refractivity (Wildman–Crippen MR) is 61.4 cm³/mol. The summed E-state index contributed by atoms with van der Waals surface area (Å²) in [6, 6.07) is 8.16. The highest BCUT2D eigenvalue weighted by atomic mass is 35.5. The maximum atomic E-state index is 11.4. The van der Waals surface area contributed by atoms with Gasteiger partial charge in [0, 0.05) is 18.4 Å². The number of hydrogen-bond donors (Lipinski definition) is 0. The Morgan fingerprint density at radius 3 is 2.88 bits per heavy atom. The molecule has 2 nitrogen and oxygen atoms in total. The van der Waals surface area contributed by atoms with Crippen molar-refractivity contribution in [1.29, 1.82) is 0 Å². The summed E-state index contributed by atoms with van der Waals surface area (Å²) in [4.78, 5) is 11.4. The minimum atomic E-state index is -0.548. The summed E-state index contributed by atoms with van der Waals surface area (Å²) in [5.74, 6) is -0.123. The van der Waals surface area contributed by atoms with Crippen LogP contribution in [0.4, 0.5) is 0 Å². The minimum absolute atomic E-state index is 0.0890. The monoisotopic (exact) mass is 236 g/mol. The Balaban J connectivity index is 2.13. The fraction of sp³-hybridized carbons (Fsp3) is 0.462. The average molecular weight is 237 g/mol. The summed E-state index contributed by atoms with van der Waals surface area (Å²) in [7, 11) is 0.